The Labute approximate surface area is 161 Å². The van der Waals surface area contributed by atoms with Crippen LogP contribution in [0.4, 0.5) is 13.2 Å². The lowest BCUT2D eigenvalue weighted by atomic mass is 9.67. The second-order valence-corrected chi connectivity index (χ2v) is 9.54. The Hall–Kier alpha value is -0.990. The van der Waals surface area contributed by atoms with Crippen LogP contribution in [-0.2, 0) is 12.8 Å². The van der Waals surface area contributed by atoms with E-state index in [2.05, 4.69) is 6.92 Å². The molecule has 0 saturated heterocycles. The highest BCUT2D eigenvalue weighted by molar-refractivity contribution is 5.35. The van der Waals surface area contributed by atoms with Gasteiger partial charge in [0.15, 0.2) is 17.5 Å². The van der Waals surface area contributed by atoms with Gasteiger partial charge in [-0.15, -0.1) is 0 Å². The van der Waals surface area contributed by atoms with Crippen LogP contribution in [-0.4, -0.2) is 0 Å². The highest BCUT2D eigenvalue weighted by atomic mass is 19.2. The van der Waals surface area contributed by atoms with E-state index in [1.807, 2.05) is 0 Å². The zero-order valence-electron chi connectivity index (χ0n) is 16.6. The molecule has 0 aliphatic heterocycles. The molecule has 1 aromatic rings. The number of halogens is 3. The number of hydrogen-bond acceptors (Lipinski definition) is 0. The second-order valence-electron chi connectivity index (χ2n) is 9.54. The van der Waals surface area contributed by atoms with Gasteiger partial charge in [0, 0.05) is 0 Å². The van der Waals surface area contributed by atoms with E-state index in [4.69, 9.17) is 0 Å². The van der Waals surface area contributed by atoms with Crippen molar-refractivity contribution in [3.63, 3.8) is 0 Å². The van der Waals surface area contributed by atoms with Gasteiger partial charge < -0.3 is 0 Å². The smallest absolute Gasteiger partial charge is 0.194 e. The SMILES string of the molecule is CCC[C@H]1CC[C@H]([C@H]2CC[C@H](C3Cc4cc(F)c(F)c(F)c4C3)CC2)CC1. The molecule has 1 atom stereocenters. The largest absolute Gasteiger partial charge is 0.204 e. The fourth-order valence-corrected chi connectivity index (χ4v) is 6.48. The molecule has 3 aliphatic rings. The molecule has 0 aromatic heterocycles. The van der Waals surface area contributed by atoms with Crippen LogP contribution in [0.2, 0.25) is 0 Å². The van der Waals surface area contributed by atoms with E-state index in [-0.39, 0.29) is 0 Å². The Kier molecular flexibility index (Phi) is 5.85. The molecular weight excluding hydrogens is 345 g/mol. The predicted octanol–water partition coefficient (Wildman–Crippen LogP) is 7.23. The average molecular weight is 379 g/mol. The predicted molar refractivity (Wildman–Crippen MR) is 103 cm³/mol. The van der Waals surface area contributed by atoms with Crippen LogP contribution in [0.15, 0.2) is 6.07 Å². The summed E-state index contributed by atoms with van der Waals surface area (Å²) < 4.78 is 41.1. The molecule has 27 heavy (non-hydrogen) atoms. The molecule has 2 fully saturated rings. The van der Waals surface area contributed by atoms with Crippen LogP contribution in [0.1, 0.15) is 82.3 Å². The summed E-state index contributed by atoms with van der Waals surface area (Å²) in [4.78, 5) is 0. The second kappa shape index (κ2) is 8.17. The first-order chi connectivity index (χ1) is 13.1. The van der Waals surface area contributed by atoms with Crippen LogP contribution in [0.25, 0.3) is 0 Å². The Balaban J connectivity index is 1.30. The molecule has 4 rings (SSSR count). The molecular formula is C24H33F3. The summed E-state index contributed by atoms with van der Waals surface area (Å²) in [5.41, 5.74) is 1.14. The molecule has 0 amide bonds. The van der Waals surface area contributed by atoms with E-state index >= 15 is 0 Å². The van der Waals surface area contributed by atoms with Gasteiger partial charge in [0.25, 0.3) is 0 Å². The van der Waals surface area contributed by atoms with Gasteiger partial charge in [0.05, 0.1) is 0 Å². The normalized spacial score (nSPS) is 33.9. The molecule has 0 bridgehead atoms. The first-order valence-corrected chi connectivity index (χ1v) is 11.2. The lowest BCUT2D eigenvalue weighted by Gasteiger charge is -2.39. The summed E-state index contributed by atoms with van der Waals surface area (Å²) in [6, 6.07) is 1.23. The first kappa shape index (κ1) is 19.3. The van der Waals surface area contributed by atoms with Crippen LogP contribution < -0.4 is 0 Å². The average Bonchev–Trinajstić information content (AvgIpc) is 3.11. The van der Waals surface area contributed by atoms with Crippen molar-refractivity contribution in [1.29, 1.82) is 0 Å². The fourth-order valence-electron chi connectivity index (χ4n) is 6.48. The maximum Gasteiger partial charge on any atom is 0.194 e. The minimum Gasteiger partial charge on any atom is -0.204 e. The van der Waals surface area contributed by atoms with E-state index in [0.29, 0.717) is 29.4 Å². The van der Waals surface area contributed by atoms with Crippen LogP contribution >= 0.6 is 0 Å². The van der Waals surface area contributed by atoms with E-state index < -0.39 is 17.5 Å². The van der Waals surface area contributed by atoms with Crippen molar-refractivity contribution >= 4 is 0 Å². The third kappa shape index (κ3) is 3.93. The molecule has 1 unspecified atom stereocenters. The summed E-state index contributed by atoms with van der Waals surface area (Å²) in [6.07, 6.45) is 14.7. The topological polar surface area (TPSA) is 0 Å². The molecule has 0 nitrogen and oxygen atoms in total. The van der Waals surface area contributed by atoms with Gasteiger partial charge in [-0.2, -0.15) is 0 Å². The van der Waals surface area contributed by atoms with Crippen molar-refractivity contribution in [2.24, 2.45) is 29.6 Å². The maximum absolute atomic E-state index is 14.1. The summed E-state index contributed by atoms with van der Waals surface area (Å²) >= 11 is 0. The zero-order valence-corrected chi connectivity index (χ0v) is 16.6. The van der Waals surface area contributed by atoms with Gasteiger partial charge in [-0.3, -0.25) is 0 Å². The third-order valence-corrected chi connectivity index (χ3v) is 8.04. The lowest BCUT2D eigenvalue weighted by molar-refractivity contribution is 0.125. The van der Waals surface area contributed by atoms with Gasteiger partial charge >= 0.3 is 0 Å². The van der Waals surface area contributed by atoms with Crippen LogP contribution in [0, 0.1) is 47.0 Å². The minimum atomic E-state index is -1.29. The minimum absolute atomic E-state index is 0.372. The van der Waals surface area contributed by atoms with Crippen molar-refractivity contribution in [1.82, 2.24) is 0 Å². The fraction of sp³-hybridized carbons (Fsp3) is 0.750. The molecule has 0 N–H and O–H groups in total. The Morgan fingerprint density at radius 3 is 1.89 bits per heavy atom. The lowest BCUT2D eigenvalue weighted by Crippen LogP contribution is -2.28. The monoisotopic (exact) mass is 378 g/mol. The molecule has 0 heterocycles. The molecule has 150 valence electrons. The Bertz CT molecular complexity index is 652. The van der Waals surface area contributed by atoms with Gasteiger partial charge in [0.1, 0.15) is 0 Å². The summed E-state index contributed by atoms with van der Waals surface area (Å²) in [5, 5.41) is 0. The van der Waals surface area contributed by atoms with E-state index in [1.165, 1.54) is 70.3 Å². The van der Waals surface area contributed by atoms with Crippen molar-refractivity contribution < 1.29 is 13.2 Å². The first-order valence-electron chi connectivity index (χ1n) is 11.2. The number of benzene rings is 1. The van der Waals surface area contributed by atoms with Crippen molar-refractivity contribution in [2.75, 3.05) is 0 Å². The van der Waals surface area contributed by atoms with Crippen molar-refractivity contribution in [3.05, 3.63) is 34.6 Å². The molecule has 2 saturated carbocycles. The molecule has 1 aromatic carbocycles. The van der Waals surface area contributed by atoms with Crippen LogP contribution in [0.5, 0.6) is 0 Å². The summed E-state index contributed by atoms with van der Waals surface area (Å²) in [7, 11) is 0. The Morgan fingerprint density at radius 2 is 1.30 bits per heavy atom. The maximum atomic E-state index is 14.1. The molecule has 3 aliphatic carbocycles. The zero-order chi connectivity index (χ0) is 19.0. The van der Waals surface area contributed by atoms with E-state index in [1.54, 1.807) is 0 Å². The summed E-state index contributed by atoms with van der Waals surface area (Å²) in [6.45, 7) is 2.29. The number of hydrogen-bond donors (Lipinski definition) is 0. The van der Waals surface area contributed by atoms with Gasteiger partial charge in [-0.05, 0) is 98.1 Å². The standard InChI is InChI=1S/C24H33F3/c1-2-3-15-4-6-16(7-5-15)17-8-10-18(11-9-17)19-12-20-14-22(25)24(27)23(26)21(20)13-19/h14-19H,2-13H2,1H3/t15-,16-,17-,18-,19?. The van der Waals surface area contributed by atoms with Crippen molar-refractivity contribution in [2.45, 2.75) is 84.0 Å². The highest BCUT2D eigenvalue weighted by Gasteiger charge is 2.37. The van der Waals surface area contributed by atoms with E-state index in [0.717, 1.165) is 24.2 Å². The van der Waals surface area contributed by atoms with Crippen LogP contribution in [0.3, 0.4) is 0 Å². The molecule has 0 radical (unpaired) electrons. The molecule has 0 spiro atoms. The van der Waals surface area contributed by atoms with Gasteiger partial charge in [-0.25, -0.2) is 13.2 Å². The van der Waals surface area contributed by atoms with Crippen molar-refractivity contribution in [3.8, 4) is 0 Å². The summed E-state index contributed by atoms with van der Waals surface area (Å²) in [5.74, 6) is 0.457. The quantitative estimate of drug-likeness (QED) is 0.485. The van der Waals surface area contributed by atoms with Gasteiger partial charge in [0.2, 0.25) is 0 Å². The Morgan fingerprint density at radius 1 is 0.741 bits per heavy atom. The van der Waals surface area contributed by atoms with E-state index in [9.17, 15) is 13.2 Å². The highest BCUT2D eigenvalue weighted by Crippen LogP contribution is 2.46. The molecule has 3 heteroatoms. The number of fused-ring (bicyclic) bond motifs is 1. The third-order valence-electron chi connectivity index (χ3n) is 8.04. The number of rotatable bonds is 4. The van der Waals surface area contributed by atoms with Gasteiger partial charge in [-0.1, -0.05) is 32.6 Å².